The molecule has 39 heavy (non-hydrogen) atoms. The highest BCUT2D eigenvalue weighted by Gasteiger charge is 2.26. The molecule has 0 bridgehead atoms. The number of rotatable bonds is 2. The maximum Gasteiger partial charge on any atom is 0.215 e. The minimum Gasteiger partial charge on any atom is -0.308 e. The molecule has 0 aliphatic rings. The van der Waals surface area contributed by atoms with Crippen LogP contribution in [0.25, 0.3) is 60.4 Å². The molecule has 2 heterocycles. The van der Waals surface area contributed by atoms with E-state index in [2.05, 4.69) is 56.5 Å². The highest BCUT2D eigenvalue weighted by Crippen LogP contribution is 2.39. The molecule has 0 spiro atoms. The second-order valence-electron chi connectivity index (χ2n) is 11.2. The van der Waals surface area contributed by atoms with Crippen molar-refractivity contribution in [3.63, 3.8) is 0 Å². The summed E-state index contributed by atoms with van der Waals surface area (Å²) >= 11 is 0. The van der Waals surface area contributed by atoms with Crippen LogP contribution in [0.2, 0.25) is 0 Å². The SMILES string of the molecule is [2H]c1c([2H])c([2H])c2c(c1[2H])c1c([2H])c([2H])c([2H])c([2H])c1n2-c1cc(-c2cc(C(C)(C)C)c3ccccc3c2C)[n+](C)c2ccccc12. The quantitative estimate of drug-likeness (QED) is 0.204. The highest BCUT2D eigenvalue weighted by molar-refractivity contribution is 6.10. The summed E-state index contributed by atoms with van der Waals surface area (Å²) in [7, 11) is 2.00. The molecule has 0 atom stereocenters. The first-order valence-corrected chi connectivity index (χ1v) is 13.1. The van der Waals surface area contributed by atoms with Crippen molar-refractivity contribution in [2.24, 2.45) is 7.05 Å². The average Bonchev–Trinajstić information content (AvgIpc) is 3.41. The minimum absolute atomic E-state index is 0.0637. The molecule has 2 heteroatoms. The van der Waals surface area contributed by atoms with Gasteiger partial charge in [-0.3, -0.25) is 0 Å². The van der Waals surface area contributed by atoms with E-state index in [1.807, 2.05) is 43.4 Å². The van der Waals surface area contributed by atoms with Crippen LogP contribution < -0.4 is 4.57 Å². The maximum absolute atomic E-state index is 9.05. The summed E-state index contributed by atoms with van der Waals surface area (Å²) in [5.74, 6) is 0. The Bertz CT molecular complexity index is 2430. The van der Waals surface area contributed by atoms with Crippen LogP contribution in [0.3, 0.4) is 0 Å². The summed E-state index contributed by atoms with van der Waals surface area (Å²) in [5, 5.41) is 3.19. The third kappa shape index (κ3) is 3.51. The zero-order valence-corrected chi connectivity index (χ0v) is 22.7. The summed E-state index contributed by atoms with van der Waals surface area (Å²) in [6.07, 6.45) is 0. The zero-order chi connectivity index (χ0) is 33.9. The van der Waals surface area contributed by atoms with Crippen molar-refractivity contribution in [1.82, 2.24) is 4.57 Å². The van der Waals surface area contributed by atoms with Gasteiger partial charge < -0.3 is 4.57 Å². The van der Waals surface area contributed by atoms with Gasteiger partial charge >= 0.3 is 0 Å². The Balaban J connectivity index is 1.74. The topological polar surface area (TPSA) is 8.81 Å². The smallest absolute Gasteiger partial charge is 0.215 e. The van der Waals surface area contributed by atoms with Gasteiger partial charge in [0.2, 0.25) is 11.2 Å². The molecule has 0 aliphatic heterocycles. The number of aryl methyl sites for hydroxylation is 2. The van der Waals surface area contributed by atoms with Gasteiger partial charge in [0.05, 0.1) is 38.6 Å². The van der Waals surface area contributed by atoms with Gasteiger partial charge in [-0.05, 0) is 58.5 Å². The fraction of sp³-hybridized carbons (Fsp3) is 0.162. The lowest BCUT2D eigenvalue weighted by atomic mass is 9.80. The molecule has 0 unspecified atom stereocenters. The van der Waals surface area contributed by atoms with Crippen LogP contribution in [0.4, 0.5) is 0 Å². The van der Waals surface area contributed by atoms with Crippen LogP contribution >= 0.6 is 0 Å². The predicted octanol–water partition coefficient (Wildman–Crippen LogP) is 9.19. The van der Waals surface area contributed by atoms with Gasteiger partial charge in [0.25, 0.3) is 0 Å². The number of hydrogen-bond donors (Lipinski definition) is 0. The maximum atomic E-state index is 9.05. The summed E-state index contributed by atoms with van der Waals surface area (Å²) in [5.41, 5.74) is 5.55. The fourth-order valence-corrected chi connectivity index (χ4v) is 5.93. The lowest BCUT2D eigenvalue weighted by molar-refractivity contribution is -0.633. The number of benzene rings is 5. The standard InChI is InChI=1S/C37H33N2/c1-24-25-14-6-7-15-26(25)31(37(2,3)4)22-30(24)35-23-36(29-18-10-11-19-32(29)38(35)5)39-33-20-12-8-16-27(33)28-17-9-13-21-34(28)39/h6-23H,1-5H3/q+1/i8D,9D,12D,13D,16D,17D,20D,21D. The largest absolute Gasteiger partial charge is 0.308 e. The average molecular weight is 514 g/mol. The Labute approximate surface area is 241 Å². The second kappa shape index (κ2) is 8.54. The lowest BCUT2D eigenvalue weighted by Crippen LogP contribution is -2.33. The van der Waals surface area contributed by atoms with Gasteiger partial charge in [-0.2, -0.15) is 4.57 Å². The van der Waals surface area contributed by atoms with Crippen molar-refractivity contribution in [3.05, 3.63) is 120 Å². The molecule has 7 rings (SSSR count). The van der Waals surface area contributed by atoms with E-state index >= 15 is 0 Å². The van der Waals surface area contributed by atoms with E-state index in [9.17, 15) is 0 Å². The number of aromatic nitrogens is 2. The van der Waals surface area contributed by atoms with Gasteiger partial charge in [-0.1, -0.05) is 93.4 Å². The first-order valence-electron chi connectivity index (χ1n) is 17.1. The third-order valence-electron chi connectivity index (χ3n) is 7.85. The van der Waals surface area contributed by atoms with E-state index in [1.165, 1.54) is 10.9 Å². The van der Waals surface area contributed by atoms with Crippen molar-refractivity contribution < 1.29 is 15.5 Å². The molecule has 0 saturated carbocycles. The van der Waals surface area contributed by atoms with Crippen LogP contribution in [0, 0.1) is 6.92 Å². The number of hydrogen-bond acceptors (Lipinski definition) is 0. The monoisotopic (exact) mass is 513 g/mol. The van der Waals surface area contributed by atoms with E-state index in [-0.39, 0.29) is 51.4 Å². The van der Waals surface area contributed by atoms with E-state index < -0.39 is 24.2 Å². The second-order valence-corrected chi connectivity index (χ2v) is 11.2. The van der Waals surface area contributed by atoms with Gasteiger partial charge in [0, 0.05) is 22.9 Å². The first-order chi connectivity index (χ1) is 22.2. The van der Waals surface area contributed by atoms with Gasteiger partial charge in [-0.25, -0.2) is 0 Å². The highest BCUT2D eigenvalue weighted by atomic mass is 15.0. The van der Waals surface area contributed by atoms with E-state index in [4.69, 9.17) is 11.0 Å². The summed E-state index contributed by atoms with van der Waals surface area (Å²) in [6.45, 7) is 8.68. The Kier molecular flexibility index (Phi) is 3.62. The number of fused-ring (bicyclic) bond motifs is 5. The zero-order valence-electron chi connectivity index (χ0n) is 30.7. The van der Waals surface area contributed by atoms with Gasteiger partial charge in [0.15, 0.2) is 0 Å². The van der Waals surface area contributed by atoms with Crippen LogP contribution in [0.1, 0.15) is 42.9 Å². The molecule has 190 valence electrons. The van der Waals surface area contributed by atoms with Crippen LogP contribution in [0.5, 0.6) is 0 Å². The molecule has 0 N–H and O–H groups in total. The molecule has 2 aromatic heterocycles. The Hall–Kier alpha value is -4.43. The van der Waals surface area contributed by atoms with E-state index in [0.29, 0.717) is 5.69 Å². The fourth-order valence-electron chi connectivity index (χ4n) is 5.93. The molecule has 0 fully saturated rings. The molecular formula is C37H33N2+. The third-order valence-corrected chi connectivity index (χ3v) is 7.85. The summed E-state index contributed by atoms with van der Waals surface area (Å²) in [6, 6.07) is 17.2. The molecule has 7 aromatic rings. The van der Waals surface area contributed by atoms with Crippen LogP contribution in [0.15, 0.2) is 109 Å². The summed E-state index contributed by atoms with van der Waals surface area (Å²) < 4.78 is 73.6. The van der Waals surface area contributed by atoms with Crippen molar-refractivity contribution in [2.45, 2.75) is 33.1 Å². The van der Waals surface area contributed by atoms with Gasteiger partial charge in [0.1, 0.15) is 7.05 Å². The normalized spacial score (nSPS) is 15.1. The molecule has 0 amide bonds. The molecule has 0 aliphatic carbocycles. The number of pyridine rings is 1. The predicted molar refractivity (Wildman–Crippen MR) is 166 cm³/mol. The molecule has 0 saturated heterocycles. The van der Waals surface area contributed by atoms with Gasteiger partial charge in [-0.15, -0.1) is 0 Å². The van der Waals surface area contributed by atoms with Crippen molar-refractivity contribution in [3.8, 4) is 16.9 Å². The molecule has 2 nitrogen and oxygen atoms in total. The Morgan fingerprint density at radius 1 is 0.692 bits per heavy atom. The molecular weight excluding hydrogens is 472 g/mol. The Morgan fingerprint density at radius 2 is 1.26 bits per heavy atom. The van der Waals surface area contributed by atoms with Crippen LogP contribution in [-0.2, 0) is 12.5 Å². The number of nitrogens with zero attached hydrogens (tertiary/aromatic N) is 2. The first kappa shape index (κ1) is 16.5. The van der Waals surface area contributed by atoms with E-state index in [0.717, 1.165) is 33.1 Å². The Morgan fingerprint density at radius 3 is 1.90 bits per heavy atom. The van der Waals surface area contributed by atoms with Crippen molar-refractivity contribution in [1.29, 1.82) is 0 Å². The minimum atomic E-state index is -0.458. The summed E-state index contributed by atoms with van der Waals surface area (Å²) in [4.78, 5) is 0. The van der Waals surface area contributed by atoms with E-state index in [1.54, 1.807) is 4.57 Å². The number of para-hydroxylation sites is 3. The van der Waals surface area contributed by atoms with Crippen molar-refractivity contribution in [2.75, 3.05) is 0 Å². The lowest BCUT2D eigenvalue weighted by Gasteiger charge is -2.24. The van der Waals surface area contributed by atoms with Crippen molar-refractivity contribution >= 4 is 43.5 Å². The van der Waals surface area contributed by atoms with Crippen LogP contribution in [-0.4, -0.2) is 4.57 Å². The molecule has 0 radical (unpaired) electrons. The molecule has 5 aromatic carbocycles.